The predicted octanol–water partition coefficient (Wildman–Crippen LogP) is 15.7. The van der Waals surface area contributed by atoms with Gasteiger partial charge in [-0.25, -0.2) is 0 Å². The third-order valence-corrected chi connectivity index (χ3v) is 12.7. The first-order valence-corrected chi connectivity index (χ1v) is 27.2. The van der Waals surface area contributed by atoms with Crippen LogP contribution in [0.25, 0.3) is 0 Å². The van der Waals surface area contributed by atoms with Gasteiger partial charge in [0.2, 0.25) is 0 Å². The smallest absolute Gasteiger partial charge is 0.306 e. The molecule has 0 aliphatic carbocycles. The number of rotatable bonds is 47. The average molecular weight is 899 g/mol. The monoisotopic (exact) mass is 899 g/mol. The van der Waals surface area contributed by atoms with Crippen molar-refractivity contribution in [2.45, 2.75) is 289 Å². The van der Waals surface area contributed by atoms with Gasteiger partial charge in [-0.2, -0.15) is 0 Å². The Balaban J connectivity index is 1.58. The van der Waals surface area contributed by atoms with Gasteiger partial charge in [-0.1, -0.05) is 179 Å². The Labute approximate surface area is 393 Å². The molecule has 2 aliphatic heterocycles. The maximum atomic E-state index is 12.8. The lowest BCUT2D eigenvalue weighted by Gasteiger charge is -2.18. The zero-order chi connectivity index (χ0) is 46.0. The van der Waals surface area contributed by atoms with Crippen LogP contribution in [0.15, 0.2) is 36.5 Å². The number of ether oxygens (including phenoxy) is 5. The molecule has 2 aliphatic rings. The molecule has 370 valence electrons. The normalized spacial score (nSPS) is 18.6. The minimum atomic E-state index is -0.796. The third-order valence-electron chi connectivity index (χ3n) is 12.7. The van der Waals surface area contributed by atoms with Crippen molar-refractivity contribution in [1.82, 2.24) is 0 Å². The number of carbonyl (C=O) groups is 3. The molecule has 4 unspecified atom stereocenters. The molecule has 0 saturated carbocycles. The van der Waals surface area contributed by atoms with Gasteiger partial charge in [0.15, 0.2) is 6.10 Å². The summed E-state index contributed by atoms with van der Waals surface area (Å²) in [5, 5.41) is 0. The Morgan fingerprint density at radius 1 is 0.391 bits per heavy atom. The molecular weight excluding hydrogens is 801 g/mol. The van der Waals surface area contributed by atoms with Gasteiger partial charge in [-0.05, 0) is 96.3 Å². The number of esters is 3. The molecule has 8 nitrogen and oxygen atoms in total. The van der Waals surface area contributed by atoms with E-state index in [2.05, 4.69) is 57.2 Å². The number of allylic oxidation sites excluding steroid dienone is 4. The van der Waals surface area contributed by atoms with E-state index in [1.165, 1.54) is 96.3 Å². The number of hydrogen-bond donors (Lipinski definition) is 0. The number of hydrogen-bond acceptors (Lipinski definition) is 8. The van der Waals surface area contributed by atoms with Crippen LogP contribution < -0.4 is 0 Å². The van der Waals surface area contributed by atoms with Gasteiger partial charge in [0.1, 0.15) is 13.2 Å². The second-order valence-corrected chi connectivity index (χ2v) is 18.9. The first-order valence-electron chi connectivity index (χ1n) is 27.2. The Kier molecular flexibility index (Phi) is 37.8. The van der Waals surface area contributed by atoms with Crippen LogP contribution in [-0.2, 0) is 38.1 Å². The van der Waals surface area contributed by atoms with E-state index >= 15 is 0 Å². The minimum absolute atomic E-state index is 0.0949. The van der Waals surface area contributed by atoms with Crippen LogP contribution in [0, 0.1) is 0 Å². The number of unbranched alkanes of at least 4 members (excludes halogenated alkanes) is 24. The lowest BCUT2D eigenvalue weighted by atomic mass is 10.1. The molecule has 4 atom stereocenters. The third kappa shape index (κ3) is 35.8. The van der Waals surface area contributed by atoms with Crippen LogP contribution in [0.5, 0.6) is 0 Å². The molecule has 2 saturated heterocycles. The topological polar surface area (TPSA) is 104 Å². The van der Waals surface area contributed by atoms with Gasteiger partial charge in [0, 0.05) is 19.3 Å². The molecule has 2 heterocycles. The average Bonchev–Trinajstić information content (AvgIpc) is 4.23. The molecule has 2 rings (SSSR count). The van der Waals surface area contributed by atoms with Crippen LogP contribution in [0.1, 0.15) is 258 Å². The van der Waals surface area contributed by atoms with Crippen LogP contribution >= 0.6 is 0 Å². The van der Waals surface area contributed by atoms with Gasteiger partial charge >= 0.3 is 17.9 Å². The molecule has 8 heteroatoms. The van der Waals surface area contributed by atoms with Gasteiger partial charge in [-0.3, -0.25) is 14.4 Å². The van der Waals surface area contributed by atoms with Crippen molar-refractivity contribution in [1.29, 1.82) is 0 Å². The maximum Gasteiger partial charge on any atom is 0.306 e. The summed E-state index contributed by atoms with van der Waals surface area (Å²) in [4.78, 5) is 38.1. The fourth-order valence-electron chi connectivity index (χ4n) is 8.33. The van der Waals surface area contributed by atoms with Crippen LogP contribution in [0.2, 0.25) is 0 Å². The van der Waals surface area contributed by atoms with Crippen molar-refractivity contribution in [3.63, 3.8) is 0 Å². The largest absolute Gasteiger partial charge is 0.462 e. The second-order valence-electron chi connectivity index (χ2n) is 18.9. The predicted molar refractivity (Wildman–Crippen MR) is 264 cm³/mol. The van der Waals surface area contributed by atoms with Crippen LogP contribution in [0.3, 0.4) is 0 Å². The van der Waals surface area contributed by atoms with Gasteiger partial charge in [-0.15, -0.1) is 0 Å². The highest BCUT2D eigenvalue weighted by molar-refractivity contribution is 5.71. The van der Waals surface area contributed by atoms with Crippen LogP contribution in [0.4, 0.5) is 0 Å². The van der Waals surface area contributed by atoms with Crippen molar-refractivity contribution < 1.29 is 38.1 Å². The molecule has 0 aromatic heterocycles. The summed E-state index contributed by atoms with van der Waals surface area (Å²) in [6, 6.07) is 0. The van der Waals surface area contributed by atoms with E-state index in [1.54, 1.807) is 0 Å². The van der Waals surface area contributed by atoms with Gasteiger partial charge in [0.05, 0.1) is 24.4 Å². The van der Waals surface area contributed by atoms with E-state index in [4.69, 9.17) is 23.7 Å². The van der Waals surface area contributed by atoms with E-state index in [1.807, 2.05) is 0 Å². The summed E-state index contributed by atoms with van der Waals surface area (Å²) in [6.07, 6.45) is 54.6. The quantitative estimate of drug-likeness (QED) is 0.0196. The summed E-state index contributed by atoms with van der Waals surface area (Å²) in [5.41, 5.74) is 0. The SMILES string of the molecule is CCCCCCCC/C=C/CCCCCCC(=O)OC(COC(=O)CCCCCCC/C=C\CC1OC1CCCCC)COC(=O)CCCCCCC/C=C\CC1OC1CCCCC. The molecule has 0 aromatic rings. The van der Waals surface area contributed by atoms with Crippen molar-refractivity contribution in [2.75, 3.05) is 13.2 Å². The van der Waals surface area contributed by atoms with E-state index < -0.39 is 6.10 Å². The van der Waals surface area contributed by atoms with Crippen molar-refractivity contribution >= 4 is 17.9 Å². The lowest BCUT2D eigenvalue weighted by molar-refractivity contribution is -0.167. The molecule has 0 radical (unpaired) electrons. The molecule has 0 bridgehead atoms. The van der Waals surface area contributed by atoms with E-state index in [-0.39, 0.29) is 31.1 Å². The number of carbonyl (C=O) groups excluding carboxylic acids is 3. The molecule has 0 amide bonds. The van der Waals surface area contributed by atoms with E-state index in [0.29, 0.717) is 43.7 Å². The summed E-state index contributed by atoms with van der Waals surface area (Å²) in [6.45, 7) is 6.54. The summed E-state index contributed by atoms with van der Waals surface area (Å²) in [7, 11) is 0. The van der Waals surface area contributed by atoms with Gasteiger partial charge in [0.25, 0.3) is 0 Å². The Bertz CT molecular complexity index is 1150. The molecule has 2 fully saturated rings. The maximum absolute atomic E-state index is 12.8. The standard InChI is InChI=1S/C56H98O8/c1-4-7-10-11-12-13-14-15-16-17-18-27-32-39-46-56(59)62-49(47-60-54(57)44-37-30-25-21-19-23-28-35-42-52-50(63-52)40-33-8-5-2)48-61-55(58)45-38-31-26-22-20-24-29-36-43-53-51(64-53)41-34-9-6-3/h15-16,28-29,35-36,49-53H,4-14,17-27,30-34,37-48H2,1-3H3/b16-15+,35-28-,36-29-. The molecular formula is C56H98O8. The molecule has 64 heavy (non-hydrogen) atoms. The van der Waals surface area contributed by atoms with E-state index in [9.17, 15) is 14.4 Å². The zero-order valence-electron chi connectivity index (χ0n) is 41.7. The lowest BCUT2D eigenvalue weighted by Crippen LogP contribution is -2.30. The molecule has 0 spiro atoms. The Morgan fingerprint density at radius 2 is 0.719 bits per heavy atom. The Hall–Kier alpha value is -2.45. The Morgan fingerprint density at radius 3 is 1.12 bits per heavy atom. The fourth-order valence-corrected chi connectivity index (χ4v) is 8.33. The van der Waals surface area contributed by atoms with Crippen molar-refractivity contribution in [2.24, 2.45) is 0 Å². The van der Waals surface area contributed by atoms with Crippen molar-refractivity contribution in [3.8, 4) is 0 Å². The highest BCUT2D eigenvalue weighted by atomic mass is 16.6. The van der Waals surface area contributed by atoms with Gasteiger partial charge < -0.3 is 23.7 Å². The molecule has 0 aromatic carbocycles. The summed E-state index contributed by atoms with van der Waals surface area (Å²) < 4.78 is 28.4. The molecule has 0 N–H and O–H groups in total. The highest BCUT2D eigenvalue weighted by Gasteiger charge is 2.37. The summed E-state index contributed by atoms with van der Waals surface area (Å²) >= 11 is 0. The minimum Gasteiger partial charge on any atom is -0.462 e. The van der Waals surface area contributed by atoms with E-state index in [0.717, 1.165) is 122 Å². The highest BCUT2D eigenvalue weighted by Crippen LogP contribution is 2.31. The summed E-state index contributed by atoms with van der Waals surface area (Å²) in [5.74, 6) is -0.934. The van der Waals surface area contributed by atoms with Crippen LogP contribution in [-0.4, -0.2) is 61.6 Å². The van der Waals surface area contributed by atoms with Crippen molar-refractivity contribution in [3.05, 3.63) is 36.5 Å². The first-order chi connectivity index (χ1) is 31.5. The second kappa shape index (κ2) is 41.9. The fraction of sp³-hybridized carbons (Fsp3) is 0.839. The number of epoxide rings is 2. The zero-order valence-corrected chi connectivity index (χ0v) is 41.7. The first kappa shape index (κ1) is 57.7.